The van der Waals surface area contributed by atoms with Crippen LogP contribution in [0.4, 0.5) is 0 Å². The molecular weight excluding hydrogens is 228 g/mol. The average molecular weight is 260 g/mol. The SMILES string of the molecule is C=C(C)Cc1cccc(CCCCC(C)C)c1.CC. The van der Waals surface area contributed by atoms with Crippen molar-refractivity contribution < 1.29 is 0 Å². The fourth-order valence-electron chi connectivity index (χ4n) is 2.13. The van der Waals surface area contributed by atoms with E-state index in [1.54, 1.807) is 0 Å². The van der Waals surface area contributed by atoms with Crippen molar-refractivity contribution in [1.82, 2.24) is 0 Å². The van der Waals surface area contributed by atoms with E-state index in [0.717, 1.165) is 12.3 Å². The molecule has 0 atom stereocenters. The largest absolute Gasteiger partial charge is 0.0998 e. The van der Waals surface area contributed by atoms with E-state index in [1.165, 1.54) is 42.4 Å². The molecule has 108 valence electrons. The first kappa shape index (κ1) is 18.0. The van der Waals surface area contributed by atoms with Gasteiger partial charge in [0.2, 0.25) is 0 Å². The van der Waals surface area contributed by atoms with Crippen LogP contribution in [0.15, 0.2) is 36.4 Å². The van der Waals surface area contributed by atoms with Crippen LogP contribution in [0.25, 0.3) is 0 Å². The molecule has 0 nitrogen and oxygen atoms in total. The molecule has 0 aliphatic heterocycles. The van der Waals surface area contributed by atoms with Crippen LogP contribution in [0.5, 0.6) is 0 Å². The van der Waals surface area contributed by atoms with Crippen molar-refractivity contribution in [2.75, 3.05) is 0 Å². The number of hydrogen-bond acceptors (Lipinski definition) is 0. The monoisotopic (exact) mass is 260 g/mol. The highest BCUT2D eigenvalue weighted by molar-refractivity contribution is 5.26. The van der Waals surface area contributed by atoms with Gasteiger partial charge in [-0.2, -0.15) is 0 Å². The average Bonchev–Trinajstić information content (AvgIpc) is 2.36. The molecule has 1 aromatic carbocycles. The molecule has 0 aromatic heterocycles. The van der Waals surface area contributed by atoms with E-state index < -0.39 is 0 Å². The second-order valence-corrected chi connectivity index (χ2v) is 5.59. The molecule has 0 saturated carbocycles. The maximum Gasteiger partial charge on any atom is -0.00725 e. The summed E-state index contributed by atoms with van der Waals surface area (Å²) in [7, 11) is 0. The Morgan fingerprint density at radius 2 is 1.74 bits per heavy atom. The second kappa shape index (κ2) is 10.8. The Hall–Kier alpha value is -1.04. The Balaban J connectivity index is 0.00000154. The van der Waals surface area contributed by atoms with Crippen LogP contribution >= 0.6 is 0 Å². The van der Waals surface area contributed by atoms with Crippen molar-refractivity contribution in [3.05, 3.63) is 47.5 Å². The first-order chi connectivity index (χ1) is 9.08. The minimum Gasteiger partial charge on any atom is -0.0998 e. The van der Waals surface area contributed by atoms with E-state index in [-0.39, 0.29) is 0 Å². The predicted octanol–water partition coefficient (Wildman–Crippen LogP) is 6.20. The molecule has 0 heterocycles. The number of benzene rings is 1. The molecule has 0 saturated heterocycles. The smallest absolute Gasteiger partial charge is 0.00725 e. The summed E-state index contributed by atoms with van der Waals surface area (Å²) in [4.78, 5) is 0. The number of rotatable bonds is 7. The highest BCUT2D eigenvalue weighted by Gasteiger charge is 1.98. The zero-order valence-electron chi connectivity index (χ0n) is 13.6. The third kappa shape index (κ3) is 9.53. The topological polar surface area (TPSA) is 0 Å². The Morgan fingerprint density at radius 3 is 2.32 bits per heavy atom. The molecule has 19 heavy (non-hydrogen) atoms. The van der Waals surface area contributed by atoms with Crippen molar-refractivity contribution in [2.24, 2.45) is 5.92 Å². The van der Waals surface area contributed by atoms with Crippen molar-refractivity contribution >= 4 is 0 Å². The van der Waals surface area contributed by atoms with Crippen LogP contribution in [-0.4, -0.2) is 0 Å². The van der Waals surface area contributed by atoms with Crippen LogP contribution in [0.2, 0.25) is 0 Å². The molecule has 0 amide bonds. The van der Waals surface area contributed by atoms with E-state index in [4.69, 9.17) is 0 Å². The van der Waals surface area contributed by atoms with Gasteiger partial charge in [-0.05, 0) is 43.2 Å². The second-order valence-electron chi connectivity index (χ2n) is 5.59. The Labute approximate surface area is 120 Å². The summed E-state index contributed by atoms with van der Waals surface area (Å²) in [5.41, 5.74) is 4.12. The van der Waals surface area contributed by atoms with Gasteiger partial charge in [-0.15, -0.1) is 0 Å². The highest BCUT2D eigenvalue weighted by Crippen LogP contribution is 2.13. The fraction of sp³-hybridized carbons (Fsp3) is 0.579. The van der Waals surface area contributed by atoms with E-state index in [9.17, 15) is 0 Å². The lowest BCUT2D eigenvalue weighted by Crippen LogP contribution is -1.92. The Kier molecular flexibility index (Phi) is 10.2. The van der Waals surface area contributed by atoms with Gasteiger partial charge in [0.1, 0.15) is 0 Å². The van der Waals surface area contributed by atoms with Gasteiger partial charge < -0.3 is 0 Å². The lowest BCUT2D eigenvalue weighted by atomic mass is 9.99. The van der Waals surface area contributed by atoms with Gasteiger partial charge in [0.25, 0.3) is 0 Å². The zero-order valence-corrected chi connectivity index (χ0v) is 13.6. The molecule has 1 aromatic rings. The third-order valence-corrected chi connectivity index (χ3v) is 2.99. The van der Waals surface area contributed by atoms with E-state index in [1.807, 2.05) is 13.8 Å². The van der Waals surface area contributed by atoms with Crippen molar-refractivity contribution in [2.45, 2.75) is 66.7 Å². The molecule has 1 rings (SSSR count). The number of aryl methyl sites for hydroxylation is 1. The molecule has 0 aliphatic carbocycles. The summed E-state index contributed by atoms with van der Waals surface area (Å²) >= 11 is 0. The molecule has 0 heteroatoms. The summed E-state index contributed by atoms with van der Waals surface area (Å²) in [6.07, 6.45) is 6.25. The lowest BCUT2D eigenvalue weighted by molar-refractivity contribution is 0.538. The normalized spacial score (nSPS) is 10.0. The lowest BCUT2D eigenvalue weighted by Gasteiger charge is -2.06. The van der Waals surface area contributed by atoms with Gasteiger partial charge in [-0.3, -0.25) is 0 Å². The molecule has 0 radical (unpaired) electrons. The van der Waals surface area contributed by atoms with Crippen LogP contribution in [-0.2, 0) is 12.8 Å². The van der Waals surface area contributed by atoms with Crippen LogP contribution in [0.1, 0.15) is 65.0 Å². The van der Waals surface area contributed by atoms with Crippen molar-refractivity contribution in [3.63, 3.8) is 0 Å². The molecule has 0 unspecified atom stereocenters. The maximum absolute atomic E-state index is 3.97. The number of unbranched alkanes of at least 4 members (excludes halogenated alkanes) is 1. The number of hydrogen-bond donors (Lipinski definition) is 0. The van der Waals surface area contributed by atoms with Crippen LogP contribution in [0.3, 0.4) is 0 Å². The van der Waals surface area contributed by atoms with Crippen LogP contribution in [0, 0.1) is 5.92 Å². The van der Waals surface area contributed by atoms with Gasteiger partial charge in [0.15, 0.2) is 0 Å². The Bertz CT molecular complexity index is 347. The van der Waals surface area contributed by atoms with Gasteiger partial charge in [0, 0.05) is 0 Å². The molecular formula is C19H32. The van der Waals surface area contributed by atoms with E-state index >= 15 is 0 Å². The molecule has 0 N–H and O–H groups in total. The van der Waals surface area contributed by atoms with Gasteiger partial charge in [-0.1, -0.05) is 77.0 Å². The summed E-state index contributed by atoms with van der Waals surface area (Å²) < 4.78 is 0. The van der Waals surface area contributed by atoms with Crippen molar-refractivity contribution in [3.8, 4) is 0 Å². The molecule has 0 aliphatic rings. The zero-order chi connectivity index (χ0) is 14.7. The molecule has 0 bridgehead atoms. The first-order valence-electron chi connectivity index (χ1n) is 7.80. The van der Waals surface area contributed by atoms with Gasteiger partial charge >= 0.3 is 0 Å². The standard InChI is InChI=1S/C17H26.C2H6/c1-14(2)8-5-6-9-16-10-7-11-17(13-16)12-15(3)4;1-2/h7,10-11,13-14H,3,5-6,8-9,12H2,1-2,4H3;1-2H3. The third-order valence-electron chi connectivity index (χ3n) is 2.99. The summed E-state index contributed by atoms with van der Waals surface area (Å²) in [5, 5.41) is 0. The number of allylic oxidation sites excluding steroid dienone is 1. The highest BCUT2D eigenvalue weighted by atomic mass is 14.0. The minimum atomic E-state index is 0.838. The van der Waals surface area contributed by atoms with Crippen LogP contribution < -0.4 is 0 Å². The fourth-order valence-corrected chi connectivity index (χ4v) is 2.13. The van der Waals surface area contributed by atoms with E-state index in [0.29, 0.717) is 0 Å². The van der Waals surface area contributed by atoms with Crippen molar-refractivity contribution in [1.29, 1.82) is 0 Å². The van der Waals surface area contributed by atoms with E-state index in [2.05, 4.69) is 51.6 Å². The maximum atomic E-state index is 3.97. The first-order valence-corrected chi connectivity index (χ1v) is 7.80. The summed E-state index contributed by atoms with van der Waals surface area (Å²) in [6, 6.07) is 8.96. The summed E-state index contributed by atoms with van der Waals surface area (Å²) in [6.45, 7) is 14.7. The molecule has 0 spiro atoms. The minimum absolute atomic E-state index is 0.838. The summed E-state index contributed by atoms with van der Waals surface area (Å²) in [5.74, 6) is 0.838. The van der Waals surface area contributed by atoms with Gasteiger partial charge in [0.05, 0.1) is 0 Å². The van der Waals surface area contributed by atoms with Gasteiger partial charge in [-0.25, -0.2) is 0 Å². The Morgan fingerprint density at radius 1 is 1.11 bits per heavy atom. The molecule has 0 fully saturated rings. The predicted molar refractivity (Wildman–Crippen MR) is 88.7 cm³/mol. The quantitative estimate of drug-likeness (QED) is 0.404.